The van der Waals surface area contributed by atoms with E-state index in [1.807, 2.05) is 66.7 Å². The van der Waals surface area contributed by atoms with Gasteiger partial charge in [0.2, 0.25) is 5.91 Å². The van der Waals surface area contributed by atoms with E-state index in [1.165, 1.54) is 5.56 Å². The van der Waals surface area contributed by atoms with E-state index in [-0.39, 0.29) is 5.91 Å². The van der Waals surface area contributed by atoms with Crippen LogP contribution >= 0.6 is 0 Å². The lowest BCUT2D eigenvalue weighted by Crippen LogP contribution is -2.14. The Balaban J connectivity index is 1.58. The van der Waals surface area contributed by atoms with Crippen LogP contribution < -0.4 is 10.6 Å². The lowest BCUT2D eigenvalue weighted by atomic mass is 10.1. The van der Waals surface area contributed by atoms with Gasteiger partial charge in [0.25, 0.3) is 0 Å². The van der Waals surface area contributed by atoms with Crippen molar-refractivity contribution < 1.29 is 4.79 Å². The minimum absolute atomic E-state index is 0.0535. The van der Waals surface area contributed by atoms with Gasteiger partial charge in [0, 0.05) is 5.69 Å². The molecule has 2 aromatic carbocycles. The van der Waals surface area contributed by atoms with Gasteiger partial charge in [-0.25, -0.2) is 4.98 Å². The molecule has 4 nitrogen and oxygen atoms in total. The van der Waals surface area contributed by atoms with E-state index in [4.69, 9.17) is 0 Å². The van der Waals surface area contributed by atoms with Gasteiger partial charge in [0.15, 0.2) is 0 Å². The Labute approximate surface area is 141 Å². The fraction of sp³-hybridized carbons (Fsp3) is 0.100. The van der Waals surface area contributed by atoms with Crippen LogP contribution in [0.15, 0.2) is 72.9 Å². The number of carbonyl (C=O) groups excluding carboxylic acids is 1. The average molecular weight is 317 g/mol. The Morgan fingerprint density at radius 2 is 1.62 bits per heavy atom. The zero-order valence-electron chi connectivity index (χ0n) is 13.5. The predicted octanol–water partition coefficient (Wildman–Crippen LogP) is 4.31. The highest BCUT2D eigenvalue weighted by atomic mass is 16.1. The first-order chi connectivity index (χ1) is 11.7. The summed E-state index contributed by atoms with van der Waals surface area (Å²) in [5.74, 6) is 0.683. The van der Waals surface area contributed by atoms with Crippen LogP contribution in [0, 0.1) is 6.92 Å². The quantitative estimate of drug-likeness (QED) is 0.737. The van der Waals surface area contributed by atoms with E-state index < -0.39 is 0 Å². The first kappa shape index (κ1) is 15.7. The Bertz CT molecular complexity index is 797. The molecule has 0 saturated carbocycles. The summed E-state index contributed by atoms with van der Waals surface area (Å²) in [5.41, 5.74) is 3.87. The highest BCUT2D eigenvalue weighted by Gasteiger charge is 2.04. The Morgan fingerprint density at radius 3 is 2.29 bits per heavy atom. The smallest absolute Gasteiger partial charge is 0.228 e. The molecule has 0 atom stereocenters. The average Bonchev–Trinajstić information content (AvgIpc) is 2.59. The number of amides is 1. The van der Waals surface area contributed by atoms with Crippen LogP contribution in [0.3, 0.4) is 0 Å². The molecule has 1 aromatic heterocycles. The summed E-state index contributed by atoms with van der Waals surface area (Å²) in [6.45, 7) is 2.05. The lowest BCUT2D eigenvalue weighted by Gasteiger charge is -2.08. The van der Waals surface area contributed by atoms with Crippen LogP contribution in [0.1, 0.15) is 11.1 Å². The van der Waals surface area contributed by atoms with Gasteiger partial charge < -0.3 is 10.6 Å². The maximum Gasteiger partial charge on any atom is 0.228 e. The summed E-state index contributed by atoms with van der Waals surface area (Å²) in [4.78, 5) is 16.4. The van der Waals surface area contributed by atoms with Gasteiger partial charge in [-0.2, -0.15) is 0 Å². The van der Waals surface area contributed by atoms with Gasteiger partial charge in [-0.05, 0) is 36.8 Å². The van der Waals surface area contributed by atoms with E-state index in [9.17, 15) is 4.79 Å². The fourth-order valence-electron chi connectivity index (χ4n) is 2.31. The van der Waals surface area contributed by atoms with Crippen LogP contribution in [0.5, 0.6) is 0 Å². The Kier molecular flexibility index (Phi) is 4.87. The maximum atomic E-state index is 12.0. The molecule has 4 heteroatoms. The van der Waals surface area contributed by atoms with Crippen molar-refractivity contribution >= 4 is 23.1 Å². The molecule has 0 unspecified atom stereocenters. The summed E-state index contributed by atoms with van der Waals surface area (Å²) < 4.78 is 0. The molecule has 0 aliphatic rings. The molecule has 0 spiro atoms. The molecule has 2 N–H and O–H groups in total. The third-order valence-corrected chi connectivity index (χ3v) is 3.58. The number of anilines is 3. The van der Waals surface area contributed by atoms with Gasteiger partial charge in [0.05, 0.1) is 18.3 Å². The normalized spacial score (nSPS) is 10.2. The Hall–Kier alpha value is -3.14. The number of nitrogens with one attached hydrogen (secondary N) is 2. The number of pyridine rings is 1. The van der Waals surface area contributed by atoms with Gasteiger partial charge >= 0.3 is 0 Å². The molecule has 120 valence electrons. The van der Waals surface area contributed by atoms with Gasteiger partial charge in [-0.15, -0.1) is 0 Å². The van der Waals surface area contributed by atoms with E-state index in [1.54, 1.807) is 6.20 Å². The largest absolute Gasteiger partial charge is 0.340 e. The second-order valence-corrected chi connectivity index (χ2v) is 5.63. The molecule has 1 heterocycles. The van der Waals surface area contributed by atoms with E-state index >= 15 is 0 Å². The van der Waals surface area contributed by atoms with Crippen LogP contribution in [0.2, 0.25) is 0 Å². The molecule has 1 amide bonds. The number of benzene rings is 2. The summed E-state index contributed by atoms with van der Waals surface area (Å²) >= 11 is 0. The monoisotopic (exact) mass is 317 g/mol. The number of hydrogen-bond donors (Lipinski definition) is 2. The number of hydrogen-bond acceptors (Lipinski definition) is 3. The SMILES string of the molecule is Cc1ccc(Nc2ccc(NC(=O)Cc3ccccc3)cn2)cc1. The van der Waals surface area contributed by atoms with Crippen LogP contribution in [-0.4, -0.2) is 10.9 Å². The van der Waals surface area contributed by atoms with Crippen molar-refractivity contribution in [2.24, 2.45) is 0 Å². The van der Waals surface area contributed by atoms with Gasteiger partial charge in [0.1, 0.15) is 5.82 Å². The lowest BCUT2D eigenvalue weighted by molar-refractivity contribution is -0.115. The standard InChI is InChI=1S/C20H19N3O/c1-15-7-9-17(10-8-15)22-19-12-11-18(14-21-19)23-20(24)13-16-5-3-2-4-6-16/h2-12,14H,13H2,1H3,(H,21,22)(H,23,24). The first-order valence-corrected chi connectivity index (χ1v) is 7.82. The van der Waals surface area contributed by atoms with Crippen molar-refractivity contribution in [3.63, 3.8) is 0 Å². The fourth-order valence-corrected chi connectivity index (χ4v) is 2.31. The first-order valence-electron chi connectivity index (χ1n) is 7.82. The number of nitrogens with zero attached hydrogens (tertiary/aromatic N) is 1. The summed E-state index contributed by atoms with van der Waals surface area (Å²) in [6, 6.07) is 21.4. The minimum Gasteiger partial charge on any atom is -0.340 e. The van der Waals surface area contributed by atoms with Gasteiger partial charge in [-0.1, -0.05) is 48.0 Å². The van der Waals surface area contributed by atoms with Crippen LogP contribution in [0.4, 0.5) is 17.2 Å². The number of rotatable bonds is 5. The molecule has 0 bridgehead atoms. The van der Waals surface area contributed by atoms with E-state index in [0.717, 1.165) is 17.1 Å². The third-order valence-electron chi connectivity index (χ3n) is 3.58. The molecule has 3 rings (SSSR count). The van der Waals surface area contributed by atoms with Crippen LogP contribution in [0.25, 0.3) is 0 Å². The van der Waals surface area contributed by atoms with E-state index in [2.05, 4.69) is 22.5 Å². The van der Waals surface area contributed by atoms with E-state index in [0.29, 0.717) is 12.1 Å². The summed E-state index contributed by atoms with van der Waals surface area (Å²) in [5, 5.41) is 6.09. The zero-order chi connectivity index (χ0) is 16.8. The van der Waals surface area contributed by atoms with Crippen molar-refractivity contribution in [1.29, 1.82) is 0 Å². The second kappa shape index (κ2) is 7.42. The van der Waals surface area contributed by atoms with Crippen LogP contribution in [-0.2, 0) is 11.2 Å². The molecule has 0 aliphatic carbocycles. The molecule has 24 heavy (non-hydrogen) atoms. The maximum absolute atomic E-state index is 12.0. The molecular weight excluding hydrogens is 298 g/mol. The summed E-state index contributed by atoms with van der Waals surface area (Å²) in [7, 11) is 0. The molecule has 0 aliphatic heterocycles. The minimum atomic E-state index is -0.0535. The molecule has 0 saturated heterocycles. The van der Waals surface area contributed by atoms with Crippen molar-refractivity contribution in [2.75, 3.05) is 10.6 Å². The third kappa shape index (κ3) is 4.43. The zero-order valence-corrected chi connectivity index (χ0v) is 13.5. The predicted molar refractivity (Wildman–Crippen MR) is 97.5 cm³/mol. The summed E-state index contributed by atoms with van der Waals surface area (Å²) in [6.07, 6.45) is 2.00. The number of aromatic nitrogens is 1. The molecule has 3 aromatic rings. The highest BCUT2D eigenvalue weighted by molar-refractivity contribution is 5.92. The van der Waals surface area contributed by atoms with Gasteiger partial charge in [-0.3, -0.25) is 4.79 Å². The second-order valence-electron chi connectivity index (χ2n) is 5.63. The van der Waals surface area contributed by atoms with Crippen molar-refractivity contribution in [2.45, 2.75) is 13.3 Å². The van der Waals surface area contributed by atoms with Crippen molar-refractivity contribution in [3.05, 3.63) is 84.1 Å². The molecular formula is C20H19N3O. The topological polar surface area (TPSA) is 54.0 Å². The molecule has 0 fully saturated rings. The number of aryl methyl sites for hydroxylation is 1. The van der Waals surface area contributed by atoms with Crippen molar-refractivity contribution in [1.82, 2.24) is 4.98 Å². The highest BCUT2D eigenvalue weighted by Crippen LogP contribution is 2.17. The van der Waals surface area contributed by atoms with Crippen molar-refractivity contribution in [3.8, 4) is 0 Å². The molecule has 0 radical (unpaired) electrons. The number of carbonyl (C=O) groups is 1. The Morgan fingerprint density at radius 1 is 0.917 bits per heavy atom.